The lowest BCUT2D eigenvalue weighted by molar-refractivity contribution is -0.0000135. The molecule has 0 spiro atoms. The van der Waals surface area contributed by atoms with E-state index in [1.54, 1.807) is 6.07 Å². The Morgan fingerprint density at radius 2 is 1.67 bits per heavy atom. The molecule has 0 aliphatic heterocycles. The number of carbonyl (C=O) groups excluding carboxylic acids is 1. The number of aryl methyl sites for hydroxylation is 1. The summed E-state index contributed by atoms with van der Waals surface area (Å²) in [5.41, 5.74) is 4.60. The monoisotopic (exact) mass is 561 g/mol. The van der Waals surface area contributed by atoms with Gasteiger partial charge in [0.1, 0.15) is 0 Å². The van der Waals surface area contributed by atoms with E-state index >= 15 is 0 Å². The van der Waals surface area contributed by atoms with E-state index in [1.807, 2.05) is 83.6 Å². The van der Waals surface area contributed by atoms with Crippen LogP contribution in [-0.2, 0) is 0 Å². The van der Waals surface area contributed by atoms with Crippen molar-refractivity contribution in [3.05, 3.63) is 104 Å². The maximum Gasteiger partial charge on any atom is 0.280 e. The molecule has 0 aliphatic rings. The molecule has 0 saturated carbocycles. The third-order valence-corrected chi connectivity index (χ3v) is 6.21. The van der Waals surface area contributed by atoms with Crippen LogP contribution < -0.4 is 21.8 Å². The van der Waals surface area contributed by atoms with E-state index in [1.165, 1.54) is 16.9 Å². The van der Waals surface area contributed by atoms with Gasteiger partial charge in [0.25, 0.3) is 5.91 Å². The van der Waals surface area contributed by atoms with Crippen LogP contribution in [0.3, 0.4) is 0 Å². The van der Waals surface area contributed by atoms with E-state index < -0.39 is 0 Å². The molecular formula is C23H16Br2ClN2OS-. The minimum absolute atomic E-state index is 0. The molecule has 0 saturated heterocycles. The molecule has 0 N–H and O–H groups in total. The number of carbonyl (C=O) groups is 1. The number of benzene rings is 3. The third kappa shape index (κ3) is 4.83. The van der Waals surface area contributed by atoms with Crippen molar-refractivity contribution < 1.29 is 21.8 Å². The third-order valence-electron chi connectivity index (χ3n) is 4.44. The van der Waals surface area contributed by atoms with Gasteiger partial charge in [-0.1, -0.05) is 53.6 Å². The summed E-state index contributed by atoms with van der Waals surface area (Å²) in [5.74, 6) is -0.289. The molecule has 7 heteroatoms. The molecule has 3 nitrogen and oxygen atoms in total. The largest absolute Gasteiger partial charge is 1.00 e. The van der Waals surface area contributed by atoms with Crippen molar-refractivity contribution in [1.29, 1.82) is 0 Å². The Labute approximate surface area is 202 Å². The number of thiazole rings is 1. The highest BCUT2D eigenvalue weighted by molar-refractivity contribution is 9.10. The topological polar surface area (TPSA) is 34.4 Å². The molecular weight excluding hydrogens is 548 g/mol. The maximum absolute atomic E-state index is 12.8. The van der Waals surface area contributed by atoms with Crippen molar-refractivity contribution in [2.75, 3.05) is 0 Å². The predicted octanol–water partition coefficient (Wildman–Crippen LogP) is 3.68. The lowest BCUT2D eigenvalue weighted by Crippen LogP contribution is -3.00. The predicted molar refractivity (Wildman–Crippen MR) is 123 cm³/mol. The van der Waals surface area contributed by atoms with Crippen molar-refractivity contribution in [3.8, 4) is 16.9 Å². The van der Waals surface area contributed by atoms with Crippen LogP contribution in [0.15, 0.2) is 87.6 Å². The Balaban J connectivity index is 0.00000256. The molecule has 0 aliphatic carbocycles. The van der Waals surface area contributed by atoms with E-state index in [0.717, 1.165) is 21.4 Å². The summed E-state index contributed by atoms with van der Waals surface area (Å²) in [6.45, 7) is 2.05. The first-order chi connectivity index (χ1) is 14.0. The number of hydrogen-bond acceptors (Lipinski definition) is 2. The maximum atomic E-state index is 12.8. The van der Waals surface area contributed by atoms with Crippen LogP contribution >= 0.6 is 38.9 Å². The zero-order valence-corrected chi connectivity index (χ0v) is 20.6. The first-order valence-corrected chi connectivity index (χ1v) is 10.9. The van der Waals surface area contributed by atoms with Gasteiger partial charge in [0.05, 0.1) is 11.3 Å². The fraction of sp³-hybridized carbons (Fsp3) is 0.0435. The second kappa shape index (κ2) is 9.88. The van der Waals surface area contributed by atoms with Crippen LogP contribution in [0.5, 0.6) is 0 Å². The zero-order chi connectivity index (χ0) is 20.4. The average Bonchev–Trinajstić information content (AvgIpc) is 3.13. The van der Waals surface area contributed by atoms with Crippen LogP contribution in [0.2, 0.25) is 5.02 Å². The average molecular weight is 564 g/mol. The van der Waals surface area contributed by atoms with Crippen LogP contribution in [-0.4, -0.2) is 10.5 Å². The number of rotatable bonds is 3. The number of nitrogens with zero attached hydrogens (tertiary/aromatic N) is 2. The minimum Gasteiger partial charge on any atom is -1.00 e. The van der Waals surface area contributed by atoms with Gasteiger partial charge in [-0.2, -0.15) is 4.99 Å². The Morgan fingerprint density at radius 3 is 2.33 bits per heavy atom. The van der Waals surface area contributed by atoms with E-state index in [9.17, 15) is 4.79 Å². The highest BCUT2D eigenvalue weighted by Crippen LogP contribution is 2.25. The van der Waals surface area contributed by atoms with Crippen molar-refractivity contribution >= 4 is 44.8 Å². The summed E-state index contributed by atoms with van der Waals surface area (Å²) >= 11 is 10.9. The van der Waals surface area contributed by atoms with Crippen LogP contribution in [0.25, 0.3) is 16.9 Å². The van der Waals surface area contributed by atoms with Gasteiger partial charge in [0.15, 0.2) is 4.80 Å². The second-order valence-corrected chi connectivity index (χ2v) is 8.61. The molecule has 4 aromatic rings. The highest BCUT2D eigenvalue weighted by atomic mass is 79.9. The number of hydrogen-bond donors (Lipinski definition) is 0. The van der Waals surface area contributed by atoms with Crippen molar-refractivity contribution in [2.45, 2.75) is 6.92 Å². The van der Waals surface area contributed by atoms with Gasteiger partial charge in [0, 0.05) is 20.6 Å². The molecule has 1 aromatic heterocycles. The molecule has 1 amide bonds. The molecule has 1 heterocycles. The number of aromatic nitrogens is 1. The summed E-state index contributed by atoms with van der Waals surface area (Å²) in [6.07, 6.45) is 0. The first kappa shape index (κ1) is 22.7. The van der Waals surface area contributed by atoms with Gasteiger partial charge in [-0.25, -0.2) is 0 Å². The first-order valence-electron chi connectivity index (χ1n) is 8.90. The SMILES string of the molecule is Cc1ccc(-n2c(-c3ccc(Cl)cc3)csc2=NC(=O)c2ccccc2Br)cc1.[Br-]. The van der Waals surface area contributed by atoms with Gasteiger partial charge in [-0.15, -0.1) is 11.3 Å². The molecule has 152 valence electrons. The molecule has 30 heavy (non-hydrogen) atoms. The Hall–Kier alpha value is -1.99. The molecule has 0 unspecified atom stereocenters. The van der Waals surface area contributed by atoms with E-state index in [2.05, 4.69) is 20.9 Å². The van der Waals surface area contributed by atoms with Crippen LogP contribution in [0, 0.1) is 6.92 Å². The summed E-state index contributed by atoms with van der Waals surface area (Å²) in [6, 6.07) is 23.1. The smallest absolute Gasteiger partial charge is 0.280 e. The van der Waals surface area contributed by atoms with Gasteiger partial charge in [-0.3, -0.25) is 9.36 Å². The normalized spacial score (nSPS) is 11.2. The lowest BCUT2D eigenvalue weighted by Gasteiger charge is -2.10. The van der Waals surface area contributed by atoms with E-state index in [-0.39, 0.29) is 22.9 Å². The highest BCUT2D eigenvalue weighted by Gasteiger charge is 2.13. The fourth-order valence-electron chi connectivity index (χ4n) is 2.94. The van der Waals surface area contributed by atoms with Gasteiger partial charge in [-0.05, 0) is 64.8 Å². The lowest BCUT2D eigenvalue weighted by atomic mass is 10.1. The van der Waals surface area contributed by atoms with Gasteiger partial charge in [0.2, 0.25) is 0 Å². The molecule has 3 aromatic carbocycles. The Kier molecular flexibility index (Phi) is 7.47. The van der Waals surface area contributed by atoms with Crippen molar-refractivity contribution in [3.63, 3.8) is 0 Å². The van der Waals surface area contributed by atoms with Gasteiger partial charge >= 0.3 is 0 Å². The Bertz CT molecular complexity index is 1250. The van der Waals surface area contributed by atoms with Crippen LogP contribution in [0.1, 0.15) is 15.9 Å². The zero-order valence-electron chi connectivity index (χ0n) is 15.9. The quantitative estimate of drug-likeness (QED) is 0.375. The second-order valence-electron chi connectivity index (χ2n) is 6.48. The molecule has 0 atom stereocenters. The van der Waals surface area contributed by atoms with Crippen LogP contribution in [0.4, 0.5) is 0 Å². The van der Waals surface area contributed by atoms with E-state index in [0.29, 0.717) is 15.4 Å². The standard InChI is InChI=1S/C23H16BrClN2OS.BrH/c1-15-6-12-18(13-7-15)27-21(16-8-10-17(25)11-9-16)14-29-23(27)26-22(28)19-4-2-3-5-20(19)24;/h2-14H,1H3;1H/p-1. The fourth-order valence-corrected chi connectivity index (χ4v) is 4.42. The molecule has 0 radical (unpaired) electrons. The number of amides is 1. The summed E-state index contributed by atoms with van der Waals surface area (Å²) in [5, 5.41) is 2.69. The Morgan fingerprint density at radius 1 is 1.00 bits per heavy atom. The minimum atomic E-state index is -0.289. The summed E-state index contributed by atoms with van der Waals surface area (Å²) < 4.78 is 2.73. The van der Waals surface area contributed by atoms with Crippen molar-refractivity contribution in [1.82, 2.24) is 4.57 Å². The summed E-state index contributed by atoms with van der Waals surface area (Å²) in [7, 11) is 0. The van der Waals surface area contributed by atoms with E-state index in [4.69, 9.17) is 11.6 Å². The molecule has 4 rings (SSSR count). The summed E-state index contributed by atoms with van der Waals surface area (Å²) in [4.78, 5) is 17.9. The number of halogens is 3. The van der Waals surface area contributed by atoms with Crippen molar-refractivity contribution in [2.24, 2.45) is 4.99 Å². The molecule has 0 bridgehead atoms. The molecule has 0 fully saturated rings. The van der Waals surface area contributed by atoms with Gasteiger partial charge < -0.3 is 17.0 Å².